The summed E-state index contributed by atoms with van der Waals surface area (Å²) in [4.78, 5) is 2.58. The van der Waals surface area contributed by atoms with Crippen molar-refractivity contribution in [2.75, 3.05) is 0 Å². The summed E-state index contributed by atoms with van der Waals surface area (Å²) in [5.41, 5.74) is 2.80. The zero-order valence-electron chi connectivity index (χ0n) is 13.5. The Morgan fingerprint density at radius 1 is 1.12 bits per heavy atom. The third-order valence-corrected chi connectivity index (χ3v) is 5.20. The van der Waals surface area contributed by atoms with Gasteiger partial charge in [-0.2, -0.15) is 18.4 Å². The second-order valence-electron chi connectivity index (χ2n) is 5.86. The van der Waals surface area contributed by atoms with Gasteiger partial charge in [0.1, 0.15) is 5.76 Å². The number of nitrogens with one attached hydrogen (secondary N) is 1. The van der Waals surface area contributed by atoms with Crippen LogP contribution in [-0.2, 0) is 10.0 Å². The molecule has 24 heavy (non-hydrogen) atoms. The van der Waals surface area contributed by atoms with Crippen LogP contribution in [0, 0.1) is 6.92 Å². The molecule has 2 aromatic rings. The van der Waals surface area contributed by atoms with Gasteiger partial charge < -0.3 is 4.42 Å². The van der Waals surface area contributed by atoms with Crippen LogP contribution in [0.5, 0.6) is 0 Å². The standard InChI is InChI=1S/C18H20N2O3S/c1-14-8-10-17(11-9-14)24(21,22)20-19-18-7-3-2-5-15(18)13-16-6-4-12-23-16/h4,6,8-13,20H,2-3,5,7H2,1H3/b15-13+,19-18-. The number of allylic oxidation sites excluding steroid dienone is 1. The number of hydrogen-bond acceptors (Lipinski definition) is 4. The van der Waals surface area contributed by atoms with Crippen LogP contribution in [-0.4, -0.2) is 14.1 Å². The van der Waals surface area contributed by atoms with Gasteiger partial charge in [0.25, 0.3) is 10.0 Å². The van der Waals surface area contributed by atoms with Crippen molar-refractivity contribution in [1.29, 1.82) is 0 Å². The fraction of sp³-hybridized carbons (Fsp3) is 0.278. The summed E-state index contributed by atoms with van der Waals surface area (Å²) >= 11 is 0. The number of aryl methyl sites for hydroxylation is 1. The minimum Gasteiger partial charge on any atom is -0.465 e. The van der Waals surface area contributed by atoms with Crippen LogP contribution in [0.2, 0.25) is 0 Å². The van der Waals surface area contributed by atoms with E-state index < -0.39 is 10.0 Å². The van der Waals surface area contributed by atoms with Gasteiger partial charge in [-0.3, -0.25) is 0 Å². The average molecular weight is 344 g/mol. The number of sulfonamides is 1. The van der Waals surface area contributed by atoms with Crippen LogP contribution in [0.3, 0.4) is 0 Å². The zero-order valence-corrected chi connectivity index (χ0v) is 14.3. The Kier molecular flexibility index (Phi) is 4.85. The molecule has 3 rings (SSSR count). The topological polar surface area (TPSA) is 71.7 Å². The molecule has 1 aliphatic rings. The van der Waals surface area contributed by atoms with E-state index in [1.165, 1.54) is 0 Å². The first-order valence-corrected chi connectivity index (χ1v) is 9.42. The van der Waals surface area contributed by atoms with Crippen molar-refractivity contribution in [2.24, 2.45) is 5.10 Å². The zero-order chi connectivity index (χ0) is 17.0. The number of benzene rings is 1. The Labute approximate surface area is 142 Å². The molecule has 6 heteroatoms. The van der Waals surface area contributed by atoms with E-state index >= 15 is 0 Å². The highest BCUT2D eigenvalue weighted by atomic mass is 32.2. The second kappa shape index (κ2) is 7.05. The summed E-state index contributed by atoms with van der Waals surface area (Å²) in [5.74, 6) is 0.751. The van der Waals surface area contributed by atoms with E-state index in [0.29, 0.717) is 0 Å². The predicted molar refractivity (Wildman–Crippen MR) is 94.1 cm³/mol. The number of hydrazone groups is 1. The summed E-state index contributed by atoms with van der Waals surface area (Å²) in [7, 11) is -3.65. The lowest BCUT2D eigenvalue weighted by Gasteiger charge is -2.16. The van der Waals surface area contributed by atoms with Crippen molar-refractivity contribution in [3.05, 3.63) is 59.6 Å². The normalized spacial score (nSPS) is 18.9. The molecule has 0 unspecified atom stereocenters. The largest absolute Gasteiger partial charge is 0.465 e. The van der Waals surface area contributed by atoms with E-state index in [9.17, 15) is 8.42 Å². The van der Waals surface area contributed by atoms with Crippen molar-refractivity contribution >= 4 is 21.8 Å². The van der Waals surface area contributed by atoms with E-state index in [-0.39, 0.29) is 4.90 Å². The van der Waals surface area contributed by atoms with E-state index in [1.807, 2.05) is 25.1 Å². The van der Waals surface area contributed by atoms with Gasteiger partial charge in [0.15, 0.2) is 0 Å². The molecule has 126 valence electrons. The molecule has 0 amide bonds. The van der Waals surface area contributed by atoms with Crippen molar-refractivity contribution < 1.29 is 12.8 Å². The van der Waals surface area contributed by atoms with Gasteiger partial charge in [0.05, 0.1) is 16.9 Å². The summed E-state index contributed by atoms with van der Waals surface area (Å²) in [6.07, 6.45) is 7.23. The number of rotatable bonds is 4. The minimum absolute atomic E-state index is 0.213. The van der Waals surface area contributed by atoms with E-state index in [4.69, 9.17) is 4.42 Å². The van der Waals surface area contributed by atoms with Crippen LogP contribution >= 0.6 is 0 Å². The van der Waals surface area contributed by atoms with Gasteiger partial charge in [-0.05, 0) is 68.5 Å². The smallest absolute Gasteiger partial charge is 0.276 e. The van der Waals surface area contributed by atoms with Gasteiger partial charge >= 0.3 is 0 Å². The lowest BCUT2D eigenvalue weighted by Crippen LogP contribution is -2.22. The molecule has 5 nitrogen and oxygen atoms in total. The second-order valence-corrected chi connectivity index (χ2v) is 7.52. The number of hydrogen-bond donors (Lipinski definition) is 1. The van der Waals surface area contributed by atoms with Crippen molar-refractivity contribution in [3.63, 3.8) is 0 Å². The average Bonchev–Trinajstić information content (AvgIpc) is 3.08. The molecule has 1 aromatic carbocycles. The Balaban J connectivity index is 1.82. The summed E-state index contributed by atoms with van der Waals surface area (Å²) in [5, 5.41) is 4.18. The van der Waals surface area contributed by atoms with Crippen LogP contribution < -0.4 is 4.83 Å². The lowest BCUT2D eigenvalue weighted by molar-refractivity contribution is 0.556. The summed E-state index contributed by atoms with van der Waals surface area (Å²) < 4.78 is 30.0. The van der Waals surface area contributed by atoms with Gasteiger partial charge in [-0.15, -0.1) is 0 Å². The fourth-order valence-electron chi connectivity index (χ4n) is 2.63. The number of furan rings is 1. The summed E-state index contributed by atoms with van der Waals surface area (Å²) in [6.45, 7) is 1.91. The van der Waals surface area contributed by atoms with Gasteiger partial charge in [0, 0.05) is 0 Å². The third kappa shape index (κ3) is 3.94. The van der Waals surface area contributed by atoms with Crippen LogP contribution in [0.4, 0.5) is 0 Å². The lowest BCUT2D eigenvalue weighted by atomic mass is 9.92. The molecule has 0 atom stereocenters. The van der Waals surface area contributed by atoms with Crippen LogP contribution in [0.15, 0.2) is 62.6 Å². The highest BCUT2D eigenvalue weighted by molar-refractivity contribution is 7.89. The first-order chi connectivity index (χ1) is 11.5. The van der Waals surface area contributed by atoms with Crippen LogP contribution in [0.1, 0.15) is 37.0 Å². The molecule has 1 heterocycles. The van der Waals surface area contributed by atoms with Gasteiger partial charge in [0.2, 0.25) is 0 Å². The molecule has 0 saturated heterocycles. The maximum absolute atomic E-state index is 12.4. The fourth-order valence-corrected chi connectivity index (χ4v) is 3.46. The van der Waals surface area contributed by atoms with E-state index in [2.05, 4.69) is 9.93 Å². The molecule has 0 spiro atoms. The highest BCUT2D eigenvalue weighted by Crippen LogP contribution is 2.23. The SMILES string of the molecule is Cc1ccc(S(=O)(=O)N/N=C2/CCCC/C2=C\c2ccco2)cc1. The monoisotopic (exact) mass is 344 g/mol. The molecule has 1 fully saturated rings. The minimum atomic E-state index is -3.65. The quantitative estimate of drug-likeness (QED) is 0.856. The molecule has 0 radical (unpaired) electrons. The third-order valence-electron chi connectivity index (χ3n) is 3.97. The van der Waals surface area contributed by atoms with E-state index in [1.54, 1.807) is 30.5 Å². The highest BCUT2D eigenvalue weighted by Gasteiger charge is 2.17. The first-order valence-electron chi connectivity index (χ1n) is 7.94. The Hall–Kier alpha value is -2.34. The molecule has 1 saturated carbocycles. The Bertz CT molecular complexity index is 848. The molecule has 1 aliphatic carbocycles. The predicted octanol–water partition coefficient (Wildman–Crippen LogP) is 3.88. The molecular weight excluding hydrogens is 324 g/mol. The Morgan fingerprint density at radius 3 is 2.58 bits per heavy atom. The molecular formula is C18H20N2O3S. The molecule has 0 bridgehead atoms. The van der Waals surface area contributed by atoms with E-state index in [0.717, 1.165) is 48.3 Å². The maximum Gasteiger partial charge on any atom is 0.276 e. The van der Waals surface area contributed by atoms with Crippen LogP contribution in [0.25, 0.3) is 6.08 Å². The van der Waals surface area contributed by atoms with Gasteiger partial charge in [-0.25, -0.2) is 0 Å². The Morgan fingerprint density at radius 2 is 1.88 bits per heavy atom. The van der Waals surface area contributed by atoms with Gasteiger partial charge in [-0.1, -0.05) is 17.7 Å². The first kappa shape index (κ1) is 16.5. The number of nitrogens with zero attached hydrogens (tertiary/aromatic N) is 1. The molecule has 0 aliphatic heterocycles. The molecule has 1 N–H and O–H groups in total. The summed E-state index contributed by atoms with van der Waals surface area (Å²) in [6, 6.07) is 10.4. The van der Waals surface area contributed by atoms with Crippen molar-refractivity contribution in [3.8, 4) is 0 Å². The van der Waals surface area contributed by atoms with Crippen molar-refractivity contribution in [1.82, 2.24) is 4.83 Å². The maximum atomic E-state index is 12.4. The molecule has 1 aromatic heterocycles. The van der Waals surface area contributed by atoms with Crippen molar-refractivity contribution in [2.45, 2.75) is 37.5 Å².